The number of hydroxylamine groups is 2. The van der Waals surface area contributed by atoms with Crippen LogP contribution in [0.2, 0.25) is 0 Å². The highest BCUT2D eigenvalue weighted by molar-refractivity contribution is 7.80. The van der Waals surface area contributed by atoms with Crippen molar-refractivity contribution in [3.63, 3.8) is 0 Å². The lowest BCUT2D eigenvalue weighted by molar-refractivity contribution is -0.132. The molecule has 0 aliphatic carbocycles. The molecule has 0 saturated carbocycles. The first-order chi connectivity index (χ1) is 11.7. The number of carbonyl (C=O) groups excluding carboxylic acids is 3. The molecule has 0 unspecified atom stereocenters. The summed E-state index contributed by atoms with van der Waals surface area (Å²) in [5.41, 5.74) is 9.84. The van der Waals surface area contributed by atoms with Crippen LogP contribution in [0.3, 0.4) is 0 Å². The summed E-state index contributed by atoms with van der Waals surface area (Å²) in [6.45, 7) is 0.555. The van der Waals surface area contributed by atoms with Gasteiger partial charge in [0.2, 0.25) is 5.91 Å². The van der Waals surface area contributed by atoms with E-state index in [2.05, 4.69) is 15.1 Å². The molecule has 2 heterocycles. The van der Waals surface area contributed by atoms with Crippen molar-refractivity contribution in [3.05, 3.63) is 0 Å². The molecule has 4 amide bonds. The zero-order valence-corrected chi connectivity index (χ0v) is 14.2. The quantitative estimate of drug-likeness (QED) is 0.229. The van der Waals surface area contributed by atoms with Crippen LogP contribution in [0.15, 0.2) is 0 Å². The van der Waals surface area contributed by atoms with Gasteiger partial charge in [0.1, 0.15) is 6.04 Å². The van der Waals surface area contributed by atoms with Crippen molar-refractivity contribution in [2.24, 2.45) is 5.73 Å². The SMILES string of the molecule is NCCCCC(=O)NNC(=O)[C@H]1CC[C@@H]2CN1C(=O)N2OS(=O)(=O)O. The minimum atomic E-state index is -4.84. The van der Waals surface area contributed by atoms with Gasteiger partial charge in [-0.1, -0.05) is 0 Å². The van der Waals surface area contributed by atoms with Crippen molar-refractivity contribution in [2.75, 3.05) is 13.1 Å². The van der Waals surface area contributed by atoms with Crippen molar-refractivity contribution in [1.82, 2.24) is 20.8 Å². The van der Waals surface area contributed by atoms with Gasteiger partial charge in [0.05, 0.1) is 6.04 Å². The number of hydrazine groups is 1. The first-order valence-corrected chi connectivity index (χ1v) is 9.15. The Bertz CT molecular complexity index is 640. The number of unbranched alkanes of at least 4 members (excludes halogenated alkanes) is 1. The number of nitrogens with one attached hydrogen (secondary N) is 2. The van der Waals surface area contributed by atoms with Crippen molar-refractivity contribution < 1.29 is 31.6 Å². The Morgan fingerprint density at radius 2 is 2.00 bits per heavy atom. The highest BCUT2D eigenvalue weighted by atomic mass is 32.3. The maximum atomic E-state index is 12.2. The topological polar surface area (TPSA) is 171 Å². The minimum absolute atomic E-state index is 0.0802. The van der Waals surface area contributed by atoms with Crippen LogP contribution in [0.25, 0.3) is 0 Å². The van der Waals surface area contributed by atoms with Gasteiger partial charge in [-0.15, -0.1) is 4.28 Å². The van der Waals surface area contributed by atoms with E-state index in [-0.39, 0.29) is 25.3 Å². The number of fused-ring (bicyclic) bond motifs is 2. The van der Waals surface area contributed by atoms with E-state index >= 15 is 0 Å². The van der Waals surface area contributed by atoms with E-state index in [1.165, 1.54) is 0 Å². The monoisotopic (exact) mass is 379 g/mol. The molecular weight excluding hydrogens is 358 g/mol. The van der Waals surface area contributed by atoms with Crippen LogP contribution in [0.1, 0.15) is 32.1 Å². The second-order valence-electron chi connectivity index (χ2n) is 5.79. The van der Waals surface area contributed by atoms with Gasteiger partial charge in [-0.05, 0) is 32.2 Å². The van der Waals surface area contributed by atoms with Gasteiger partial charge in [-0.2, -0.15) is 13.5 Å². The molecule has 0 aromatic carbocycles. The molecule has 2 bridgehead atoms. The van der Waals surface area contributed by atoms with E-state index in [4.69, 9.17) is 10.3 Å². The van der Waals surface area contributed by atoms with Crippen molar-refractivity contribution in [1.29, 1.82) is 0 Å². The van der Waals surface area contributed by atoms with E-state index in [0.29, 0.717) is 30.9 Å². The zero-order valence-electron chi connectivity index (χ0n) is 13.4. The number of urea groups is 1. The maximum absolute atomic E-state index is 12.2. The first-order valence-electron chi connectivity index (χ1n) is 7.78. The molecule has 12 nitrogen and oxygen atoms in total. The van der Waals surface area contributed by atoms with E-state index < -0.39 is 34.4 Å². The number of rotatable bonds is 7. The molecule has 5 N–H and O–H groups in total. The number of nitrogens with two attached hydrogens (primary N) is 1. The molecule has 2 rings (SSSR count). The van der Waals surface area contributed by atoms with Gasteiger partial charge in [0.15, 0.2) is 0 Å². The van der Waals surface area contributed by atoms with Gasteiger partial charge in [-0.25, -0.2) is 4.79 Å². The fourth-order valence-electron chi connectivity index (χ4n) is 2.81. The lowest BCUT2D eigenvalue weighted by Gasteiger charge is -2.29. The fourth-order valence-corrected chi connectivity index (χ4v) is 3.20. The zero-order chi connectivity index (χ0) is 18.6. The molecule has 0 radical (unpaired) electrons. The van der Waals surface area contributed by atoms with Crippen molar-refractivity contribution in [3.8, 4) is 0 Å². The van der Waals surface area contributed by atoms with E-state index in [0.717, 1.165) is 4.90 Å². The van der Waals surface area contributed by atoms with Crippen LogP contribution in [0, 0.1) is 0 Å². The fraction of sp³-hybridized carbons (Fsp3) is 0.750. The summed E-state index contributed by atoms with van der Waals surface area (Å²) in [7, 11) is -4.84. The molecule has 2 saturated heterocycles. The Morgan fingerprint density at radius 3 is 2.64 bits per heavy atom. The Balaban J connectivity index is 1.88. The van der Waals surface area contributed by atoms with Crippen LogP contribution in [-0.4, -0.2) is 66.0 Å². The van der Waals surface area contributed by atoms with Crippen molar-refractivity contribution >= 4 is 28.2 Å². The summed E-state index contributed by atoms with van der Waals surface area (Å²) in [6.07, 6.45) is 2.06. The van der Waals surface area contributed by atoms with Gasteiger partial charge < -0.3 is 10.6 Å². The molecule has 0 aromatic heterocycles. The maximum Gasteiger partial charge on any atom is 0.418 e. The Hall–Kier alpha value is -1.96. The number of nitrogens with zero attached hydrogens (tertiary/aromatic N) is 2. The van der Waals surface area contributed by atoms with Gasteiger partial charge in [-0.3, -0.25) is 25.0 Å². The van der Waals surface area contributed by atoms with Crippen molar-refractivity contribution in [2.45, 2.75) is 44.2 Å². The molecule has 2 aliphatic rings. The second kappa shape index (κ2) is 7.95. The average molecular weight is 379 g/mol. The predicted octanol–water partition coefficient (Wildman–Crippen LogP) is -1.73. The molecule has 2 fully saturated rings. The Kier molecular flexibility index (Phi) is 6.16. The number of hydrogen-bond donors (Lipinski definition) is 4. The Morgan fingerprint density at radius 1 is 1.28 bits per heavy atom. The average Bonchev–Trinajstić information content (AvgIpc) is 2.76. The normalized spacial score (nSPS) is 22.9. The minimum Gasteiger partial charge on any atom is -0.330 e. The summed E-state index contributed by atoms with van der Waals surface area (Å²) in [5.74, 6) is -0.966. The smallest absolute Gasteiger partial charge is 0.330 e. The number of amides is 4. The largest absolute Gasteiger partial charge is 0.418 e. The van der Waals surface area contributed by atoms with E-state index in [1.54, 1.807) is 0 Å². The predicted molar refractivity (Wildman–Crippen MR) is 82.6 cm³/mol. The summed E-state index contributed by atoms with van der Waals surface area (Å²) >= 11 is 0. The highest BCUT2D eigenvalue weighted by Crippen LogP contribution is 2.30. The van der Waals surface area contributed by atoms with E-state index in [1.807, 2.05) is 0 Å². The highest BCUT2D eigenvalue weighted by Gasteiger charge is 2.49. The standard InChI is InChI=1S/C12H21N5O7S/c13-6-2-1-3-10(18)14-15-11(19)9-5-4-8-7-16(9)12(20)17(8)24-25(21,22)23/h8-9H,1-7,13H2,(H,14,18)(H,15,19)(H,21,22,23)/t8-,9-/m1/s1. The molecular formula is C12H21N5O7S. The first kappa shape index (κ1) is 19.4. The van der Waals surface area contributed by atoms with Gasteiger partial charge >= 0.3 is 16.4 Å². The molecule has 142 valence electrons. The van der Waals surface area contributed by atoms with Crippen LogP contribution in [0.4, 0.5) is 4.79 Å². The third-order valence-corrected chi connectivity index (χ3v) is 4.33. The molecule has 0 aromatic rings. The molecule has 0 spiro atoms. The number of carbonyl (C=O) groups is 3. The molecule has 2 aliphatic heterocycles. The van der Waals surface area contributed by atoms with Crippen LogP contribution < -0.4 is 16.6 Å². The second-order valence-corrected chi connectivity index (χ2v) is 6.80. The van der Waals surface area contributed by atoms with Crippen LogP contribution >= 0.6 is 0 Å². The lowest BCUT2D eigenvalue weighted by Crippen LogP contribution is -2.54. The third kappa shape index (κ3) is 5.01. The van der Waals surface area contributed by atoms with Gasteiger partial charge in [0.25, 0.3) is 5.91 Å². The Labute approximate surface area is 144 Å². The number of hydrogen-bond acceptors (Lipinski definition) is 7. The van der Waals surface area contributed by atoms with E-state index in [9.17, 15) is 22.8 Å². The summed E-state index contributed by atoms with van der Waals surface area (Å²) < 4.78 is 34.6. The van der Waals surface area contributed by atoms with Gasteiger partial charge in [0, 0.05) is 13.0 Å². The number of piperidine rings is 1. The molecule has 25 heavy (non-hydrogen) atoms. The summed E-state index contributed by atoms with van der Waals surface area (Å²) in [4.78, 5) is 37.1. The molecule has 2 atom stereocenters. The van der Waals surface area contributed by atoms with Crippen LogP contribution in [-0.2, 0) is 24.3 Å². The van der Waals surface area contributed by atoms with Crippen LogP contribution in [0.5, 0.6) is 0 Å². The third-order valence-electron chi connectivity index (χ3n) is 3.98. The lowest BCUT2D eigenvalue weighted by atomic mass is 10.0. The summed E-state index contributed by atoms with van der Waals surface area (Å²) in [6, 6.07) is -2.29. The summed E-state index contributed by atoms with van der Waals surface area (Å²) in [5, 5.41) is 0.550. The molecule has 13 heteroatoms.